The van der Waals surface area contributed by atoms with E-state index in [0.717, 1.165) is 21.0 Å². The molecule has 0 radical (unpaired) electrons. The van der Waals surface area contributed by atoms with Crippen molar-refractivity contribution < 1.29 is 13.2 Å². The maximum atomic E-state index is 12.3. The number of fused-ring (bicyclic) bond motifs is 1. The second-order valence-corrected chi connectivity index (χ2v) is 9.14. The SMILES string of the molecule is O=C(Cn1nc(-c2cccc3ccccc23)ccc1=O)N[C@H]1CCS(=O)(=O)C1. The van der Waals surface area contributed by atoms with Gasteiger partial charge in [-0.15, -0.1) is 0 Å². The van der Waals surface area contributed by atoms with Crippen molar-refractivity contribution in [2.45, 2.75) is 19.0 Å². The second-order valence-electron chi connectivity index (χ2n) is 6.91. The number of aromatic nitrogens is 2. The Kier molecular flexibility index (Phi) is 4.72. The first-order valence-corrected chi connectivity index (χ1v) is 10.8. The van der Waals surface area contributed by atoms with Crippen LogP contribution in [0.25, 0.3) is 22.0 Å². The quantitative estimate of drug-likeness (QED) is 0.717. The van der Waals surface area contributed by atoms with Crippen LogP contribution in [0.1, 0.15) is 6.42 Å². The van der Waals surface area contributed by atoms with Crippen molar-refractivity contribution in [1.82, 2.24) is 15.1 Å². The molecule has 1 atom stereocenters. The van der Waals surface area contributed by atoms with Gasteiger partial charge in [-0.3, -0.25) is 9.59 Å². The molecule has 0 aliphatic carbocycles. The first kappa shape index (κ1) is 18.4. The summed E-state index contributed by atoms with van der Waals surface area (Å²) in [6.07, 6.45) is 0.395. The van der Waals surface area contributed by atoms with E-state index >= 15 is 0 Å². The molecule has 0 unspecified atom stereocenters. The van der Waals surface area contributed by atoms with E-state index in [9.17, 15) is 18.0 Å². The number of hydrogen-bond acceptors (Lipinski definition) is 5. The van der Waals surface area contributed by atoms with E-state index in [1.165, 1.54) is 6.07 Å². The van der Waals surface area contributed by atoms with Crippen LogP contribution < -0.4 is 10.9 Å². The zero-order chi connectivity index (χ0) is 19.7. The summed E-state index contributed by atoms with van der Waals surface area (Å²) in [7, 11) is -3.08. The zero-order valence-corrected chi connectivity index (χ0v) is 15.9. The minimum Gasteiger partial charge on any atom is -0.351 e. The number of carbonyl (C=O) groups excluding carboxylic acids is 1. The number of nitrogens with zero attached hydrogens (tertiary/aromatic N) is 2. The van der Waals surface area contributed by atoms with Crippen molar-refractivity contribution in [3.8, 4) is 11.3 Å². The number of sulfone groups is 1. The summed E-state index contributed by atoms with van der Waals surface area (Å²) in [6, 6.07) is 16.3. The van der Waals surface area contributed by atoms with Crippen LogP contribution in [0, 0.1) is 0 Å². The minimum atomic E-state index is -3.08. The summed E-state index contributed by atoms with van der Waals surface area (Å²) >= 11 is 0. The number of amides is 1. The lowest BCUT2D eigenvalue weighted by molar-refractivity contribution is -0.122. The van der Waals surface area contributed by atoms with Crippen molar-refractivity contribution in [2.24, 2.45) is 0 Å². The molecule has 1 aliphatic rings. The molecule has 1 amide bonds. The number of hydrogen-bond donors (Lipinski definition) is 1. The van der Waals surface area contributed by atoms with Gasteiger partial charge >= 0.3 is 0 Å². The summed E-state index contributed by atoms with van der Waals surface area (Å²) < 4.78 is 24.2. The standard InChI is InChI=1S/C20H19N3O4S/c24-19(21-15-10-11-28(26,27)13-15)12-23-20(25)9-8-18(22-23)17-7-3-5-14-4-1-2-6-16(14)17/h1-9,15H,10-13H2,(H,21,24)/t15-/m0/s1. The topological polar surface area (TPSA) is 98.1 Å². The average Bonchev–Trinajstić information content (AvgIpc) is 3.01. The van der Waals surface area contributed by atoms with E-state index in [2.05, 4.69) is 10.4 Å². The van der Waals surface area contributed by atoms with Crippen LogP contribution in [0.5, 0.6) is 0 Å². The summed E-state index contributed by atoms with van der Waals surface area (Å²) in [5.41, 5.74) is 1.07. The van der Waals surface area contributed by atoms with Crippen molar-refractivity contribution in [2.75, 3.05) is 11.5 Å². The summed E-state index contributed by atoms with van der Waals surface area (Å²) in [6.45, 7) is -0.256. The summed E-state index contributed by atoms with van der Waals surface area (Å²) in [5.74, 6) is -0.407. The van der Waals surface area contributed by atoms with E-state index in [-0.39, 0.29) is 18.1 Å². The van der Waals surface area contributed by atoms with Crippen molar-refractivity contribution in [3.63, 3.8) is 0 Å². The first-order chi connectivity index (χ1) is 13.4. The molecule has 1 N–H and O–H groups in total. The molecule has 3 aromatic rings. The first-order valence-electron chi connectivity index (χ1n) is 8.97. The Bertz CT molecular complexity index is 1210. The number of rotatable bonds is 4. The van der Waals surface area contributed by atoms with Crippen molar-refractivity contribution in [1.29, 1.82) is 0 Å². The van der Waals surface area contributed by atoms with Gasteiger partial charge in [0.05, 0.1) is 17.2 Å². The van der Waals surface area contributed by atoms with E-state index in [4.69, 9.17) is 0 Å². The smallest absolute Gasteiger partial charge is 0.267 e. The number of carbonyl (C=O) groups is 1. The number of nitrogens with one attached hydrogen (secondary N) is 1. The van der Waals surface area contributed by atoms with E-state index < -0.39 is 27.3 Å². The Morgan fingerprint density at radius 1 is 1.11 bits per heavy atom. The zero-order valence-electron chi connectivity index (χ0n) is 15.0. The van der Waals surface area contributed by atoms with Crippen molar-refractivity contribution in [3.05, 3.63) is 65.0 Å². The predicted molar refractivity (Wildman–Crippen MR) is 107 cm³/mol. The molecule has 1 aromatic heterocycles. The molecule has 0 saturated carbocycles. The Balaban J connectivity index is 1.59. The van der Waals surface area contributed by atoms with Gasteiger partial charge in [0, 0.05) is 17.7 Å². The van der Waals surface area contributed by atoms with Gasteiger partial charge in [0.1, 0.15) is 6.54 Å². The van der Waals surface area contributed by atoms with Crippen LogP contribution in [-0.4, -0.2) is 41.7 Å². The predicted octanol–water partition coefficient (Wildman–Crippen LogP) is 1.37. The highest BCUT2D eigenvalue weighted by Crippen LogP contribution is 2.26. The number of benzene rings is 2. The minimum absolute atomic E-state index is 0.0584. The summed E-state index contributed by atoms with van der Waals surface area (Å²) in [4.78, 5) is 24.5. The highest BCUT2D eigenvalue weighted by Gasteiger charge is 2.29. The highest BCUT2D eigenvalue weighted by atomic mass is 32.2. The molecule has 1 fully saturated rings. The van der Waals surface area contributed by atoms with Crippen LogP contribution in [-0.2, 0) is 21.2 Å². The summed E-state index contributed by atoms with van der Waals surface area (Å²) in [5, 5.41) is 9.10. The van der Waals surface area contributed by atoms with Gasteiger partial charge in [-0.05, 0) is 23.3 Å². The monoisotopic (exact) mass is 397 g/mol. The lowest BCUT2D eigenvalue weighted by Gasteiger charge is -2.12. The Hall–Kier alpha value is -3.00. The highest BCUT2D eigenvalue weighted by molar-refractivity contribution is 7.91. The van der Waals surface area contributed by atoms with E-state index in [1.54, 1.807) is 6.07 Å². The Morgan fingerprint density at radius 3 is 2.68 bits per heavy atom. The second kappa shape index (κ2) is 7.20. The van der Waals surface area contributed by atoms with E-state index in [0.29, 0.717) is 12.1 Å². The Labute approximate surface area is 161 Å². The van der Waals surface area contributed by atoms with Crippen LogP contribution in [0.3, 0.4) is 0 Å². The van der Waals surface area contributed by atoms with Crippen molar-refractivity contribution >= 4 is 26.5 Å². The average molecular weight is 397 g/mol. The van der Waals surface area contributed by atoms with Gasteiger partial charge in [-0.25, -0.2) is 13.1 Å². The maximum absolute atomic E-state index is 12.3. The lowest BCUT2D eigenvalue weighted by atomic mass is 10.0. The fourth-order valence-corrected chi connectivity index (χ4v) is 5.15. The largest absolute Gasteiger partial charge is 0.351 e. The van der Waals surface area contributed by atoms with Gasteiger partial charge in [0.15, 0.2) is 9.84 Å². The van der Waals surface area contributed by atoms with Gasteiger partial charge in [-0.1, -0.05) is 42.5 Å². The molecule has 4 rings (SSSR count). The fourth-order valence-electron chi connectivity index (χ4n) is 3.47. The lowest BCUT2D eigenvalue weighted by Crippen LogP contribution is -2.40. The van der Waals surface area contributed by atoms with E-state index in [1.807, 2.05) is 42.5 Å². The molecular formula is C20H19N3O4S. The third-order valence-electron chi connectivity index (χ3n) is 4.82. The molecule has 2 aromatic carbocycles. The van der Waals surface area contributed by atoms with Gasteiger partial charge < -0.3 is 5.32 Å². The molecular weight excluding hydrogens is 378 g/mol. The maximum Gasteiger partial charge on any atom is 0.267 e. The molecule has 0 spiro atoms. The molecule has 144 valence electrons. The fraction of sp³-hybridized carbons (Fsp3) is 0.250. The third kappa shape index (κ3) is 3.82. The van der Waals surface area contributed by atoms with Gasteiger partial charge in [-0.2, -0.15) is 5.10 Å². The molecule has 2 heterocycles. The normalized spacial score (nSPS) is 18.2. The molecule has 1 saturated heterocycles. The van der Waals surface area contributed by atoms with Gasteiger partial charge in [0.2, 0.25) is 5.91 Å². The molecule has 8 heteroatoms. The third-order valence-corrected chi connectivity index (χ3v) is 6.59. The molecule has 0 bridgehead atoms. The van der Waals surface area contributed by atoms with Crippen LogP contribution in [0.4, 0.5) is 0 Å². The van der Waals surface area contributed by atoms with Crippen LogP contribution in [0.15, 0.2) is 59.4 Å². The molecule has 28 heavy (non-hydrogen) atoms. The van der Waals surface area contributed by atoms with Crippen LogP contribution in [0.2, 0.25) is 0 Å². The Morgan fingerprint density at radius 2 is 1.89 bits per heavy atom. The molecule has 7 nitrogen and oxygen atoms in total. The van der Waals surface area contributed by atoms with Crippen LogP contribution >= 0.6 is 0 Å². The molecule has 1 aliphatic heterocycles. The van der Waals surface area contributed by atoms with Gasteiger partial charge in [0.25, 0.3) is 5.56 Å².